The normalized spacial score (nSPS) is 24.4. The molecule has 0 aromatic heterocycles. The van der Waals surface area contributed by atoms with Crippen LogP contribution in [0.15, 0.2) is 24.3 Å². The predicted molar refractivity (Wildman–Crippen MR) is 65.8 cm³/mol. The summed E-state index contributed by atoms with van der Waals surface area (Å²) in [5.41, 5.74) is 1.65. The molecule has 1 heterocycles. The summed E-state index contributed by atoms with van der Waals surface area (Å²) in [6.45, 7) is 1.91. The third kappa shape index (κ3) is 2.39. The van der Waals surface area contributed by atoms with Crippen molar-refractivity contribution >= 4 is 17.7 Å². The Hall–Kier alpha value is -1.00. The zero-order chi connectivity index (χ0) is 11.5. The molecule has 3 nitrogen and oxygen atoms in total. The largest absolute Gasteiger partial charge is 0.390 e. The van der Waals surface area contributed by atoms with E-state index in [1.165, 1.54) is 0 Å². The summed E-state index contributed by atoms with van der Waals surface area (Å²) in [5.74, 6) is 1.40. The van der Waals surface area contributed by atoms with Gasteiger partial charge in [0.15, 0.2) is 0 Å². The summed E-state index contributed by atoms with van der Waals surface area (Å²) in [6.07, 6.45) is -0.419. The Kier molecular flexibility index (Phi) is 3.51. The molecule has 4 heteroatoms. The first kappa shape index (κ1) is 11.5. The highest BCUT2D eigenvalue weighted by molar-refractivity contribution is 7.99. The molecule has 2 unspecified atom stereocenters. The van der Waals surface area contributed by atoms with Gasteiger partial charge in [-0.3, -0.25) is 4.79 Å². The van der Waals surface area contributed by atoms with Crippen molar-refractivity contribution in [3.63, 3.8) is 0 Å². The number of aliphatic hydroxyl groups is 1. The fourth-order valence-corrected chi connectivity index (χ4v) is 2.92. The first-order valence-electron chi connectivity index (χ1n) is 5.31. The highest BCUT2D eigenvalue weighted by Crippen LogP contribution is 2.18. The van der Waals surface area contributed by atoms with E-state index in [2.05, 4.69) is 5.32 Å². The van der Waals surface area contributed by atoms with Crippen LogP contribution in [0, 0.1) is 6.92 Å². The van der Waals surface area contributed by atoms with Gasteiger partial charge in [0.1, 0.15) is 0 Å². The Morgan fingerprint density at radius 3 is 2.81 bits per heavy atom. The molecule has 1 amide bonds. The first-order valence-corrected chi connectivity index (χ1v) is 6.46. The van der Waals surface area contributed by atoms with E-state index < -0.39 is 6.10 Å². The van der Waals surface area contributed by atoms with Crippen molar-refractivity contribution in [2.45, 2.75) is 19.1 Å². The van der Waals surface area contributed by atoms with E-state index in [-0.39, 0.29) is 11.9 Å². The molecule has 86 valence electrons. The van der Waals surface area contributed by atoms with Gasteiger partial charge in [-0.2, -0.15) is 11.8 Å². The number of nitrogens with one attached hydrogen (secondary N) is 1. The highest BCUT2D eigenvalue weighted by atomic mass is 32.2. The number of carbonyl (C=O) groups excluding carboxylic acids is 1. The molecule has 16 heavy (non-hydrogen) atoms. The van der Waals surface area contributed by atoms with E-state index in [1.54, 1.807) is 17.8 Å². The van der Waals surface area contributed by atoms with Crippen molar-refractivity contribution in [3.05, 3.63) is 35.4 Å². The van der Waals surface area contributed by atoms with Crippen molar-refractivity contribution < 1.29 is 9.90 Å². The molecule has 0 saturated carbocycles. The molecule has 1 aromatic rings. The molecule has 2 rings (SSSR count). The van der Waals surface area contributed by atoms with E-state index in [0.29, 0.717) is 11.3 Å². The molecule has 0 radical (unpaired) electrons. The molecule has 0 spiro atoms. The minimum atomic E-state index is -0.419. The zero-order valence-corrected chi connectivity index (χ0v) is 9.96. The third-order valence-corrected chi connectivity index (χ3v) is 3.93. The standard InChI is InChI=1S/C12H15NO2S/c1-8-4-2-3-5-9(8)12(15)13-10-6-16-7-11(10)14/h2-5,10-11,14H,6-7H2,1H3,(H,13,15). The van der Waals surface area contributed by atoms with Gasteiger partial charge in [0.05, 0.1) is 12.1 Å². The van der Waals surface area contributed by atoms with E-state index in [4.69, 9.17) is 0 Å². The molecule has 2 atom stereocenters. The van der Waals surface area contributed by atoms with Gasteiger partial charge in [0.25, 0.3) is 5.91 Å². The second kappa shape index (κ2) is 4.89. The predicted octanol–water partition coefficient (Wildman–Crippen LogP) is 1.20. The zero-order valence-electron chi connectivity index (χ0n) is 9.14. The lowest BCUT2D eigenvalue weighted by Crippen LogP contribution is -2.42. The fourth-order valence-electron chi connectivity index (χ4n) is 1.75. The number of amides is 1. The summed E-state index contributed by atoms with van der Waals surface area (Å²) in [5, 5.41) is 12.5. The maximum atomic E-state index is 11.9. The SMILES string of the molecule is Cc1ccccc1C(=O)NC1CSCC1O. The van der Waals surface area contributed by atoms with Crippen molar-refractivity contribution in [3.8, 4) is 0 Å². The monoisotopic (exact) mass is 237 g/mol. The topological polar surface area (TPSA) is 49.3 Å². The molecule has 1 aliphatic rings. The van der Waals surface area contributed by atoms with Crippen molar-refractivity contribution in [1.29, 1.82) is 0 Å². The number of aryl methyl sites for hydroxylation is 1. The van der Waals surface area contributed by atoms with Crippen molar-refractivity contribution in [2.75, 3.05) is 11.5 Å². The number of benzene rings is 1. The van der Waals surface area contributed by atoms with Crippen LogP contribution in [0.2, 0.25) is 0 Å². The van der Waals surface area contributed by atoms with Gasteiger partial charge in [-0.05, 0) is 18.6 Å². The number of carbonyl (C=O) groups is 1. The molecular weight excluding hydrogens is 222 g/mol. The Bertz CT molecular complexity index is 394. The number of hydrogen-bond donors (Lipinski definition) is 2. The minimum Gasteiger partial charge on any atom is -0.390 e. The Labute approximate surface area is 99.2 Å². The van der Waals surface area contributed by atoms with Gasteiger partial charge in [-0.1, -0.05) is 18.2 Å². The van der Waals surface area contributed by atoms with Crippen molar-refractivity contribution in [1.82, 2.24) is 5.32 Å². The molecule has 1 saturated heterocycles. The van der Waals surface area contributed by atoms with E-state index in [9.17, 15) is 9.90 Å². The van der Waals surface area contributed by atoms with Gasteiger partial charge in [-0.15, -0.1) is 0 Å². The van der Waals surface area contributed by atoms with E-state index in [1.807, 2.05) is 25.1 Å². The number of hydrogen-bond acceptors (Lipinski definition) is 3. The molecule has 1 aromatic carbocycles. The van der Waals surface area contributed by atoms with Crippen LogP contribution in [0.3, 0.4) is 0 Å². The maximum Gasteiger partial charge on any atom is 0.251 e. The van der Waals surface area contributed by atoms with Crippen molar-refractivity contribution in [2.24, 2.45) is 0 Å². The summed E-state index contributed by atoms with van der Waals surface area (Å²) in [6, 6.07) is 7.36. The molecule has 0 bridgehead atoms. The second-order valence-corrected chi connectivity index (χ2v) is 5.07. The number of thioether (sulfide) groups is 1. The Morgan fingerprint density at radius 2 is 2.19 bits per heavy atom. The highest BCUT2D eigenvalue weighted by Gasteiger charge is 2.27. The molecule has 0 aliphatic carbocycles. The quantitative estimate of drug-likeness (QED) is 0.812. The van der Waals surface area contributed by atoms with Crippen LogP contribution in [-0.2, 0) is 0 Å². The molecular formula is C12H15NO2S. The van der Waals surface area contributed by atoms with Crippen LogP contribution in [0.4, 0.5) is 0 Å². The summed E-state index contributed by atoms with van der Waals surface area (Å²) in [4.78, 5) is 11.9. The van der Waals surface area contributed by atoms with Crippen LogP contribution in [0.5, 0.6) is 0 Å². The lowest BCUT2D eigenvalue weighted by molar-refractivity contribution is 0.0888. The minimum absolute atomic E-state index is 0.0929. The molecule has 2 N–H and O–H groups in total. The number of aliphatic hydroxyl groups excluding tert-OH is 1. The third-order valence-electron chi connectivity index (χ3n) is 2.76. The van der Waals surface area contributed by atoms with Gasteiger partial charge in [0, 0.05) is 17.1 Å². The van der Waals surface area contributed by atoms with Crippen LogP contribution < -0.4 is 5.32 Å². The van der Waals surface area contributed by atoms with Crippen LogP contribution >= 0.6 is 11.8 Å². The maximum absolute atomic E-state index is 11.9. The first-order chi connectivity index (χ1) is 7.68. The Balaban J connectivity index is 2.06. The lowest BCUT2D eigenvalue weighted by atomic mass is 10.1. The van der Waals surface area contributed by atoms with Gasteiger partial charge in [0.2, 0.25) is 0 Å². The van der Waals surface area contributed by atoms with E-state index >= 15 is 0 Å². The second-order valence-electron chi connectivity index (χ2n) is 4.00. The van der Waals surface area contributed by atoms with Gasteiger partial charge >= 0.3 is 0 Å². The van der Waals surface area contributed by atoms with Crippen LogP contribution in [-0.4, -0.2) is 34.7 Å². The van der Waals surface area contributed by atoms with Crippen LogP contribution in [0.1, 0.15) is 15.9 Å². The van der Waals surface area contributed by atoms with Crippen LogP contribution in [0.25, 0.3) is 0 Å². The lowest BCUT2D eigenvalue weighted by Gasteiger charge is -2.16. The average molecular weight is 237 g/mol. The number of rotatable bonds is 2. The summed E-state index contributed by atoms with van der Waals surface area (Å²) in [7, 11) is 0. The fraction of sp³-hybridized carbons (Fsp3) is 0.417. The van der Waals surface area contributed by atoms with Gasteiger partial charge in [-0.25, -0.2) is 0 Å². The smallest absolute Gasteiger partial charge is 0.251 e. The molecule has 1 aliphatic heterocycles. The summed E-state index contributed by atoms with van der Waals surface area (Å²) < 4.78 is 0. The molecule has 1 fully saturated rings. The summed E-state index contributed by atoms with van der Waals surface area (Å²) >= 11 is 1.67. The van der Waals surface area contributed by atoms with Gasteiger partial charge < -0.3 is 10.4 Å². The average Bonchev–Trinajstić information content (AvgIpc) is 2.65. The van der Waals surface area contributed by atoms with E-state index in [0.717, 1.165) is 11.3 Å². The Morgan fingerprint density at radius 1 is 1.44 bits per heavy atom.